The standard InChI is InChI=1S/C24H28ClFN4O2/c1-16(22-28-21-15-18(25)9-12-20(21)24(32)29(22)2)30(14-6-4-3-5-13-27)23(31)17-7-10-19(26)11-8-17/h7-12,15-16H,3-6,13-14,27H2,1-2H3. The minimum absolute atomic E-state index is 0.203. The highest BCUT2D eigenvalue weighted by atomic mass is 35.5. The number of hydrogen-bond donors (Lipinski definition) is 1. The lowest BCUT2D eigenvalue weighted by Crippen LogP contribution is -2.38. The number of aromatic nitrogens is 2. The number of rotatable bonds is 9. The van der Waals surface area contributed by atoms with Crippen LogP contribution < -0.4 is 11.3 Å². The van der Waals surface area contributed by atoms with Gasteiger partial charge in [-0.25, -0.2) is 9.37 Å². The van der Waals surface area contributed by atoms with Gasteiger partial charge < -0.3 is 10.6 Å². The molecule has 1 unspecified atom stereocenters. The number of hydrogen-bond acceptors (Lipinski definition) is 4. The van der Waals surface area contributed by atoms with Crippen LogP contribution in [0, 0.1) is 5.82 Å². The van der Waals surface area contributed by atoms with Crippen LogP contribution in [0.4, 0.5) is 4.39 Å². The lowest BCUT2D eigenvalue weighted by Gasteiger charge is -2.30. The predicted molar refractivity (Wildman–Crippen MR) is 125 cm³/mol. The van der Waals surface area contributed by atoms with Gasteiger partial charge in [-0.05, 0) is 68.8 Å². The van der Waals surface area contributed by atoms with Gasteiger partial charge in [0, 0.05) is 24.2 Å². The van der Waals surface area contributed by atoms with E-state index in [9.17, 15) is 14.0 Å². The second-order valence-corrected chi connectivity index (χ2v) is 8.32. The van der Waals surface area contributed by atoms with Crippen LogP contribution in [0.2, 0.25) is 5.02 Å². The fourth-order valence-corrected chi connectivity index (χ4v) is 3.95. The largest absolute Gasteiger partial charge is 0.330 e. The van der Waals surface area contributed by atoms with E-state index >= 15 is 0 Å². The zero-order valence-electron chi connectivity index (χ0n) is 18.4. The van der Waals surface area contributed by atoms with Crippen molar-refractivity contribution in [3.05, 3.63) is 75.0 Å². The Kier molecular flexibility index (Phi) is 7.99. The second-order valence-electron chi connectivity index (χ2n) is 7.88. The van der Waals surface area contributed by atoms with Crippen molar-refractivity contribution in [2.75, 3.05) is 13.1 Å². The van der Waals surface area contributed by atoms with Crippen molar-refractivity contribution in [2.24, 2.45) is 12.8 Å². The monoisotopic (exact) mass is 458 g/mol. The van der Waals surface area contributed by atoms with Crippen LogP contribution in [-0.2, 0) is 7.05 Å². The molecule has 32 heavy (non-hydrogen) atoms. The molecule has 0 fully saturated rings. The van der Waals surface area contributed by atoms with E-state index in [2.05, 4.69) is 4.98 Å². The fraction of sp³-hybridized carbons (Fsp3) is 0.375. The summed E-state index contributed by atoms with van der Waals surface area (Å²) >= 11 is 6.11. The lowest BCUT2D eigenvalue weighted by molar-refractivity contribution is 0.0675. The molecule has 0 radical (unpaired) electrons. The maximum atomic E-state index is 13.4. The van der Waals surface area contributed by atoms with E-state index in [-0.39, 0.29) is 11.5 Å². The van der Waals surface area contributed by atoms with Crippen LogP contribution in [0.15, 0.2) is 47.3 Å². The minimum Gasteiger partial charge on any atom is -0.330 e. The van der Waals surface area contributed by atoms with Gasteiger partial charge in [-0.3, -0.25) is 14.2 Å². The summed E-state index contributed by atoms with van der Waals surface area (Å²) in [5.74, 6) is -0.183. The molecule has 170 valence electrons. The molecule has 1 heterocycles. The molecule has 8 heteroatoms. The van der Waals surface area contributed by atoms with Crippen LogP contribution in [0.3, 0.4) is 0 Å². The molecule has 0 saturated carbocycles. The fourth-order valence-electron chi connectivity index (χ4n) is 3.78. The number of fused-ring (bicyclic) bond motifs is 1. The van der Waals surface area contributed by atoms with E-state index in [1.165, 1.54) is 28.8 Å². The lowest BCUT2D eigenvalue weighted by atomic mass is 10.1. The molecule has 3 rings (SSSR count). The van der Waals surface area contributed by atoms with Gasteiger partial charge in [0.05, 0.1) is 16.9 Å². The second kappa shape index (κ2) is 10.7. The van der Waals surface area contributed by atoms with Gasteiger partial charge in [0.15, 0.2) is 0 Å². The van der Waals surface area contributed by atoms with Crippen molar-refractivity contribution in [1.82, 2.24) is 14.5 Å². The van der Waals surface area contributed by atoms with Crippen LogP contribution in [0.1, 0.15) is 54.8 Å². The average molecular weight is 459 g/mol. The first-order valence-electron chi connectivity index (χ1n) is 10.8. The Labute approximate surface area is 191 Å². The normalized spacial score (nSPS) is 12.2. The number of carbonyl (C=O) groups is 1. The summed E-state index contributed by atoms with van der Waals surface area (Å²) in [6.45, 7) is 2.96. The van der Waals surface area contributed by atoms with Gasteiger partial charge in [0.1, 0.15) is 11.6 Å². The van der Waals surface area contributed by atoms with Crippen molar-refractivity contribution < 1.29 is 9.18 Å². The summed E-state index contributed by atoms with van der Waals surface area (Å²) in [7, 11) is 1.65. The molecular weight excluding hydrogens is 431 g/mol. The third-order valence-electron chi connectivity index (χ3n) is 5.62. The third kappa shape index (κ3) is 5.34. The minimum atomic E-state index is -0.483. The highest BCUT2D eigenvalue weighted by Crippen LogP contribution is 2.24. The SMILES string of the molecule is CC(c1nc2cc(Cl)ccc2c(=O)n1C)N(CCCCCCN)C(=O)c1ccc(F)cc1. The maximum absolute atomic E-state index is 13.4. The molecule has 0 aliphatic carbocycles. The molecule has 6 nitrogen and oxygen atoms in total. The number of halogens is 2. The molecule has 2 aromatic carbocycles. The van der Waals surface area contributed by atoms with Crippen LogP contribution in [0.5, 0.6) is 0 Å². The summed E-state index contributed by atoms with van der Waals surface area (Å²) in [5, 5.41) is 0.946. The topological polar surface area (TPSA) is 81.2 Å². The summed E-state index contributed by atoms with van der Waals surface area (Å²) < 4.78 is 14.9. The molecular formula is C24H28ClFN4O2. The van der Waals surface area contributed by atoms with E-state index < -0.39 is 11.9 Å². The van der Waals surface area contributed by atoms with E-state index in [1.807, 2.05) is 6.92 Å². The zero-order valence-corrected chi connectivity index (χ0v) is 19.1. The number of benzene rings is 2. The molecule has 3 aromatic rings. The Balaban J connectivity index is 1.97. The van der Waals surface area contributed by atoms with Gasteiger partial charge in [-0.2, -0.15) is 0 Å². The Bertz CT molecular complexity index is 1150. The summed E-state index contributed by atoms with van der Waals surface area (Å²) in [6, 6.07) is 9.95. The molecule has 0 aliphatic heterocycles. The summed E-state index contributed by atoms with van der Waals surface area (Å²) in [5.41, 5.74) is 6.24. The number of nitrogens with zero attached hydrogens (tertiary/aromatic N) is 3. The van der Waals surface area contributed by atoms with E-state index in [0.717, 1.165) is 25.7 Å². The van der Waals surface area contributed by atoms with Crippen molar-refractivity contribution in [3.8, 4) is 0 Å². The number of carbonyl (C=O) groups excluding carboxylic acids is 1. The Morgan fingerprint density at radius 3 is 2.53 bits per heavy atom. The number of amides is 1. The average Bonchev–Trinajstić information content (AvgIpc) is 2.78. The first kappa shape index (κ1) is 23.9. The van der Waals surface area contributed by atoms with Gasteiger partial charge in [-0.15, -0.1) is 0 Å². The van der Waals surface area contributed by atoms with Crippen molar-refractivity contribution in [2.45, 2.75) is 38.6 Å². The molecule has 0 spiro atoms. The third-order valence-corrected chi connectivity index (χ3v) is 5.85. The highest BCUT2D eigenvalue weighted by molar-refractivity contribution is 6.31. The van der Waals surface area contributed by atoms with Crippen LogP contribution in [-0.4, -0.2) is 33.4 Å². The van der Waals surface area contributed by atoms with Crippen molar-refractivity contribution in [3.63, 3.8) is 0 Å². The first-order chi connectivity index (χ1) is 15.3. The van der Waals surface area contributed by atoms with E-state index in [0.29, 0.717) is 40.4 Å². The molecule has 1 amide bonds. The summed E-state index contributed by atoms with van der Waals surface area (Å²) in [4.78, 5) is 32.6. The van der Waals surface area contributed by atoms with Gasteiger partial charge >= 0.3 is 0 Å². The number of unbranched alkanes of at least 4 members (excludes halogenated alkanes) is 3. The Morgan fingerprint density at radius 1 is 1.16 bits per heavy atom. The smallest absolute Gasteiger partial charge is 0.261 e. The maximum Gasteiger partial charge on any atom is 0.261 e. The molecule has 1 atom stereocenters. The zero-order chi connectivity index (χ0) is 23.3. The van der Waals surface area contributed by atoms with E-state index in [1.54, 1.807) is 30.1 Å². The first-order valence-corrected chi connectivity index (χ1v) is 11.1. The van der Waals surface area contributed by atoms with Gasteiger partial charge in [-0.1, -0.05) is 24.4 Å². The number of nitrogens with two attached hydrogens (primary N) is 1. The molecule has 0 aliphatic rings. The molecule has 2 N–H and O–H groups in total. The Hall–Kier alpha value is -2.77. The van der Waals surface area contributed by atoms with Crippen molar-refractivity contribution >= 4 is 28.4 Å². The van der Waals surface area contributed by atoms with Crippen molar-refractivity contribution in [1.29, 1.82) is 0 Å². The molecule has 0 saturated heterocycles. The van der Waals surface area contributed by atoms with Gasteiger partial charge in [0.2, 0.25) is 0 Å². The summed E-state index contributed by atoms with van der Waals surface area (Å²) in [6.07, 6.45) is 3.62. The Morgan fingerprint density at radius 2 is 1.84 bits per heavy atom. The molecule has 1 aromatic heterocycles. The quantitative estimate of drug-likeness (QED) is 0.480. The molecule has 0 bridgehead atoms. The van der Waals surface area contributed by atoms with E-state index in [4.69, 9.17) is 17.3 Å². The van der Waals surface area contributed by atoms with Gasteiger partial charge in [0.25, 0.3) is 11.5 Å². The van der Waals surface area contributed by atoms with Crippen LogP contribution in [0.25, 0.3) is 10.9 Å². The van der Waals surface area contributed by atoms with Crippen LogP contribution >= 0.6 is 11.6 Å². The highest BCUT2D eigenvalue weighted by Gasteiger charge is 2.26. The predicted octanol–water partition coefficient (Wildman–Crippen LogP) is 4.45.